The quantitative estimate of drug-likeness (QED) is 0.781. The third kappa shape index (κ3) is 2.10. The van der Waals surface area contributed by atoms with Crippen LogP contribution in [0.4, 0.5) is 4.39 Å². The lowest BCUT2D eigenvalue weighted by atomic mass is 10.1. The molecule has 0 bridgehead atoms. The van der Waals surface area contributed by atoms with E-state index in [-0.39, 0.29) is 12.5 Å². The summed E-state index contributed by atoms with van der Waals surface area (Å²) in [6.07, 6.45) is 1.63. The Bertz CT molecular complexity index is 422. The van der Waals surface area contributed by atoms with Crippen LogP contribution in [-0.4, -0.2) is 9.55 Å². The van der Waals surface area contributed by atoms with E-state index in [0.29, 0.717) is 0 Å². The standard InChI is InChI=1S/C9H13FN2O2/c1-3-6(2)5-12-8(13)7(10)4-11-9(12)14/h4,6H,3,5H2,1-2H3,(H,11,14). The third-order valence-corrected chi connectivity index (χ3v) is 2.21. The summed E-state index contributed by atoms with van der Waals surface area (Å²) in [5.74, 6) is -0.747. The SMILES string of the molecule is CCC(C)Cn1c(=O)[nH]cc(F)c1=O. The lowest BCUT2D eigenvalue weighted by molar-refractivity contribution is 0.432. The first-order valence-electron chi connectivity index (χ1n) is 4.54. The topological polar surface area (TPSA) is 54.9 Å². The van der Waals surface area contributed by atoms with E-state index in [0.717, 1.165) is 17.2 Å². The highest BCUT2D eigenvalue weighted by Crippen LogP contribution is 2.00. The van der Waals surface area contributed by atoms with Crippen LogP contribution < -0.4 is 11.2 Å². The van der Waals surface area contributed by atoms with Crippen molar-refractivity contribution in [2.75, 3.05) is 0 Å². The molecule has 4 nitrogen and oxygen atoms in total. The molecular weight excluding hydrogens is 187 g/mol. The van der Waals surface area contributed by atoms with Gasteiger partial charge in [0, 0.05) is 12.7 Å². The van der Waals surface area contributed by atoms with Crippen molar-refractivity contribution in [2.24, 2.45) is 5.92 Å². The molecule has 0 aromatic carbocycles. The van der Waals surface area contributed by atoms with E-state index < -0.39 is 17.1 Å². The monoisotopic (exact) mass is 200 g/mol. The van der Waals surface area contributed by atoms with Crippen LogP contribution in [0.15, 0.2) is 15.8 Å². The number of aromatic amines is 1. The molecule has 0 spiro atoms. The van der Waals surface area contributed by atoms with Crippen molar-refractivity contribution in [2.45, 2.75) is 26.8 Å². The highest BCUT2D eigenvalue weighted by atomic mass is 19.1. The Morgan fingerprint density at radius 2 is 2.21 bits per heavy atom. The van der Waals surface area contributed by atoms with Crippen molar-refractivity contribution < 1.29 is 4.39 Å². The average Bonchev–Trinajstić information content (AvgIpc) is 2.18. The number of H-pyrrole nitrogens is 1. The van der Waals surface area contributed by atoms with Crippen molar-refractivity contribution >= 4 is 0 Å². The van der Waals surface area contributed by atoms with Crippen LogP contribution in [-0.2, 0) is 6.54 Å². The maximum atomic E-state index is 12.8. The predicted molar refractivity (Wildman–Crippen MR) is 50.7 cm³/mol. The molecule has 0 saturated heterocycles. The van der Waals surface area contributed by atoms with Crippen molar-refractivity contribution in [1.82, 2.24) is 9.55 Å². The lowest BCUT2D eigenvalue weighted by Gasteiger charge is -2.09. The Labute approximate surface area is 80.4 Å². The normalized spacial score (nSPS) is 12.8. The minimum atomic E-state index is -0.923. The van der Waals surface area contributed by atoms with Crippen molar-refractivity contribution in [3.05, 3.63) is 32.9 Å². The summed E-state index contributed by atoms with van der Waals surface area (Å²) in [4.78, 5) is 24.6. The van der Waals surface area contributed by atoms with Gasteiger partial charge in [0.25, 0.3) is 5.56 Å². The average molecular weight is 200 g/mol. The Morgan fingerprint density at radius 1 is 1.57 bits per heavy atom. The number of hydrogen-bond donors (Lipinski definition) is 1. The second-order valence-electron chi connectivity index (χ2n) is 3.37. The zero-order valence-corrected chi connectivity index (χ0v) is 8.21. The molecule has 0 aliphatic rings. The highest BCUT2D eigenvalue weighted by molar-refractivity contribution is 4.87. The van der Waals surface area contributed by atoms with Crippen LogP contribution in [0.3, 0.4) is 0 Å². The van der Waals surface area contributed by atoms with Gasteiger partial charge in [-0.3, -0.25) is 9.36 Å². The van der Waals surface area contributed by atoms with Gasteiger partial charge in [-0.2, -0.15) is 4.39 Å². The minimum absolute atomic E-state index is 0.176. The molecular formula is C9H13FN2O2. The number of nitrogens with zero attached hydrogens (tertiary/aromatic N) is 1. The Morgan fingerprint density at radius 3 is 2.79 bits per heavy atom. The van der Waals surface area contributed by atoms with Gasteiger partial charge < -0.3 is 4.98 Å². The first kappa shape index (κ1) is 10.7. The fourth-order valence-corrected chi connectivity index (χ4v) is 1.09. The van der Waals surface area contributed by atoms with Crippen LogP contribution in [0.5, 0.6) is 0 Å². The van der Waals surface area contributed by atoms with E-state index in [1.807, 2.05) is 13.8 Å². The molecule has 1 rings (SSSR count). The van der Waals surface area contributed by atoms with E-state index in [4.69, 9.17) is 0 Å². The molecule has 1 aromatic rings. The molecule has 5 heteroatoms. The molecule has 1 aromatic heterocycles. The highest BCUT2D eigenvalue weighted by Gasteiger charge is 2.08. The zero-order chi connectivity index (χ0) is 10.7. The summed E-state index contributed by atoms with van der Waals surface area (Å²) in [6, 6.07) is 0. The van der Waals surface area contributed by atoms with Gasteiger partial charge in [-0.15, -0.1) is 0 Å². The fraction of sp³-hybridized carbons (Fsp3) is 0.556. The fourth-order valence-electron chi connectivity index (χ4n) is 1.09. The van der Waals surface area contributed by atoms with E-state index in [1.54, 1.807) is 0 Å². The van der Waals surface area contributed by atoms with Gasteiger partial charge in [0.1, 0.15) is 0 Å². The van der Waals surface area contributed by atoms with Gasteiger partial charge >= 0.3 is 5.69 Å². The smallest absolute Gasteiger partial charge is 0.311 e. The number of halogens is 1. The van der Waals surface area contributed by atoms with Gasteiger partial charge in [0.15, 0.2) is 0 Å². The summed E-state index contributed by atoms with van der Waals surface area (Å²) < 4.78 is 13.7. The van der Waals surface area contributed by atoms with E-state index in [9.17, 15) is 14.0 Å². The molecule has 0 fully saturated rings. The van der Waals surface area contributed by atoms with Crippen LogP contribution in [0.1, 0.15) is 20.3 Å². The minimum Gasteiger partial charge on any atom is -0.311 e. The van der Waals surface area contributed by atoms with E-state index in [2.05, 4.69) is 4.98 Å². The number of aromatic nitrogens is 2. The lowest BCUT2D eigenvalue weighted by Crippen LogP contribution is -2.37. The van der Waals surface area contributed by atoms with Gasteiger partial charge in [0.05, 0.1) is 0 Å². The largest absolute Gasteiger partial charge is 0.328 e. The second-order valence-corrected chi connectivity index (χ2v) is 3.37. The molecule has 1 N–H and O–H groups in total. The van der Waals surface area contributed by atoms with Gasteiger partial charge in [-0.1, -0.05) is 20.3 Å². The Kier molecular flexibility index (Phi) is 3.22. The molecule has 0 aliphatic heterocycles. The number of hydrogen-bond acceptors (Lipinski definition) is 2. The number of nitrogens with one attached hydrogen (secondary N) is 1. The molecule has 1 unspecified atom stereocenters. The summed E-state index contributed by atoms with van der Waals surface area (Å²) in [5.41, 5.74) is -1.41. The molecule has 0 saturated carbocycles. The van der Waals surface area contributed by atoms with Gasteiger partial charge in [-0.25, -0.2) is 4.79 Å². The maximum absolute atomic E-state index is 12.8. The molecule has 0 aliphatic carbocycles. The maximum Gasteiger partial charge on any atom is 0.328 e. The number of rotatable bonds is 3. The summed E-state index contributed by atoms with van der Waals surface area (Å²) >= 11 is 0. The van der Waals surface area contributed by atoms with Crippen LogP contribution in [0.2, 0.25) is 0 Å². The molecule has 0 amide bonds. The summed E-state index contributed by atoms with van der Waals surface area (Å²) in [6.45, 7) is 4.10. The van der Waals surface area contributed by atoms with Crippen LogP contribution in [0, 0.1) is 11.7 Å². The molecule has 0 radical (unpaired) electrons. The van der Waals surface area contributed by atoms with E-state index >= 15 is 0 Å². The zero-order valence-electron chi connectivity index (χ0n) is 8.21. The summed E-state index contributed by atoms with van der Waals surface area (Å²) in [7, 11) is 0. The predicted octanol–water partition coefficient (Wildman–Crippen LogP) is 0.722. The molecule has 1 heterocycles. The molecule has 1 atom stereocenters. The van der Waals surface area contributed by atoms with E-state index in [1.165, 1.54) is 0 Å². The van der Waals surface area contributed by atoms with Gasteiger partial charge in [-0.05, 0) is 5.92 Å². The summed E-state index contributed by atoms with van der Waals surface area (Å²) in [5, 5.41) is 0. The van der Waals surface area contributed by atoms with Crippen molar-refractivity contribution in [3.8, 4) is 0 Å². The van der Waals surface area contributed by atoms with Crippen molar-refractivity contribution in [3.63, 3.8) is 0 Å². The van der Waals surface area contributed by atoms with Gasteiger partial charge in [0.2, 0.25) is 5.82 Å². The Hall–Kier alpha value is -1.39. The third-order valence-electron chi connectivity index (χ3n) is 2.21. The molecule has 14 heavy (non-hydrogen) atoms. The first-order valence-corrected chi connectivity index (χ1v) is 4.54. The molecule has 78 valence electrons. The van der Waals surface area contributed by atoms with Crippen molar-refractivity contribution in [1.29, 1.82) is 0 Å². The van der Waals surface area contributed by atoms with Crippen LogP contribution >= 0.6 is 0 Å². The van der Waals surface area contributed by atoms with Crippen LogP contribution in [0.25, 0.3) is 0 Å². The Balaban J connectivity index is 3.14. The first-order chi connectivity index (χ1) is 6.56. The second kappa shape index (κ2) is 4.21.